The average molecular weight is 384 g/mol. The van der Waals surface area contributed by atoms with Crippen LogP contribution in [0.15, 0.2) is 42.6 Å². The van der Waals surface area contributed by atoms with Crippen molar-refractivity contribution in [2.75, 3.05) is 19.0 Å². The largest absolute Gasteiger partial charge is 0.493 e. The molecule has 6 nitrogen and oxygen atoms in total. The Kier molecular flexibility index (Phi) is 6.26. The van der Waals surface area contributed by atoms with Crippen molar-refractivity contribution in [1.82, 2.24) is 4.98 Å². The lowest BCUT2D eigenvalue weighted by Crippen LogP contribution is -2.00. The zero-order valence-electron chi connectivity index (χ0n) is 15.7. The van der Waals surface area contributed by atoms with E-state index < -0.39 is 5.82 Å². The third-order valence-electron chi connectivity index (χ3n) is 4.12. The van der Waals surface area contributed by atoms with Gasteiger partial charge in [-0.25, -0.2) is 4.39 Å². The summed E-state index contributed by atoms with van der Waals surface area (Å²) in [6.45, 7) is 2.67. The molecule has 0 unspecified atom stereocenters. The van der Waals surface area contributed by atoms with Crippen molar-refractivity contribution in [3.05, 3.63) is 48.4 Å². The normalized spacial score (nSPS) is 10.5. The lowest BCUT2D eigenvalue weighted by atomic mass is 10.1. The van der Waals surface area contributed by atoms with Crippen molar-refractivity contribution in [3.63, 3.8) is 0 Å². The molecule has 0 fully saturated rings. The summed E-state index contributed by atoms with van der Waals surface area (Å²) in [5.74, 6) is 1.02. The molecule has 1 amide bonds. The van der Waals surface area contributed by atoms with E-state index in [1.807, 2.05) is 0 Å². The van der Waals surface area contributed by atoms with Crippen molar-refractivity contribution < 1.29 is 23.4 Å². The van der Waals surface area contributed by atoms with Crippen molar-refractivity contribution in [3.8, 4) is 23.0 Å². The number of halogens is 1. The number of anilines is 1. The van der Waals surface area contributed by atoms with Gasteiger partial charge in [-0.1, -0.05) is 13.3 Å². The van der Waals surface area contributed by atoms with Crippen LogP contribution >= 0.6 is 0 Å². The topological polar surface area (TPSA) is 69.7 Å². The Morgan fingerprint density at radius 3 is 2.68 bits per heavy atom. The Balaban J connectivity index is 1.94. The van der Waals surface area contributed by atoms with Gasteiger partial charge in [0.05, 0.1) is 19.2 Å². The van der Waals surface area contributed by atoms with E-state index in [-0.39, 0.29) is 5.75 Å². The molecule has 2 aromatic carbocycles. The fourth-order valence-electron chi connectivity index (χ4n) is 2.68. The molecule has 0 spiro atoms. The van der Waals surface area contributed by atoms with E-state index in [4.69, 9.17) is 14.2 Å². The number of unbranched alkanes of at least 4 members (excludes halogenated alkanes) is 1. The Hall–Kier alpha value is -3.35. The number of rotatable bonds is 9. The standard InChI is InChI=1S/C21H21FN2O4/c1-3-4-9-27-21-12-17-15(11-20(21)26-2)18(7-8-23-17)28-19-6-5-14(24-13-25)10-16(19)22/h5-8,10-13H,3-4,9H2,1-2H3,(H,24,25). The number of methoxy groups -OCH3 is 1. The molecular formula is C21H21FN2O4. The molecule has 1 N–H and O–H groups in total. The Morgan fingerprint density at radius 2 is 1.96 bits per heavy atom. The van der Waals surface area contributed by atoms with Gasteiger partial charge >= 0.3 is 0 Å². The molecule has 0 aliphatic rings. The number of hydrogen-bond acceptors (Lipinski definition) is 5. The first-order valence-corrected chi connectivity index (χ1v) is 8.93. The van der Waals surface area contributed by atoms with Crippen LogP contribution in [-0.2, 0) is 4.79 Å². The van der Waals surface area contributed by atoms with Crippen LogP contribution in [0.25, 0.3) is 10.9 Å². The maximum Gasteiger partial charge on any atom is 0.211 e. The fourth-order valence-corrected chi connectivity index (χ4v) is 2.68. The monoisotopic (exact) mass is 384 g/mol. The highest BCUT2D eigenvalue weighted by atomic mass is 19.1. The van der Waals surface area contributed by atoms with Gasteiger partial charge in [0, 0.05) is 29.4 Å². The molecule has 7 heteroatoms. The van der Waals surface area contributed by atoms with Crippen LogP contribution in [0.5, 0.6) is 23.0 Å². The summed E-state index contributed by atoms with van der Waals surface area (Å²) in [5.41, 5.74) is 0.986. The van der Waals surface area contributed by atoms with Gasteiger partial charge < -0.3 is 19.5 Å². The van der Waals surface area contributed by atoms with Gasteiger partial charge in [-0.2, -0.15) is 0 Å². The van der Waals surface area contributed by atoms with Crippen LogP contribution in [0.3, 0.4) is 0 Å². The average Bonchev–Trinajstić information content (AvgIpc) is 2.70. The maximum absolute atomic E-state index is 14.3. The smallest absolute Gasteiger partial charge is 0.211 e. The summed E-state index contributed by atoms with van der Waals surface area (Å²) in [6, 6.07) is 9.39. The maximum atomic E-state index is 14.3. The molecule has 1 heterocycles. The van der Waals surface area contributed by atoms with Gasteiger partial charge in [0.2, 0.25) is 6.41 Å². The second kappa shape index (κ2) is 9.03. The molecule has 3 aromatic rings. The van der Waals surface area contributed by atoms with Gasteiger partial charge in [-0.05, 0) is 30.7 Å². The molecular weight excluding hydrogens is 363 g/mol. The number of aromatic nitrogens is 1. The summed E-state index contributed by atoms with van der Waals surface area (Å²) < 4.78 is 31.3. The van der Waals surface area contributed by atoms with Crippen molar-refractivity contribution in [2.24, 2.45) is 0 Å². The van der Waals surface area contributed by atoms with Gasteiger partial charge in [-0.15, -0.1) is 0 Å². The van der Waals surface area contributed by atoms with Crippen LogP contribution in [0.2, 0.25) is 0 Å². The minimum absolute atomic E-state index is 0.0335. The van der Waals surface area contributed by atoms with Crippen LogP contribution in [0, 0.1) is 5.82 Å². The second-order valence-corrected chi connectivity index (χ2v) is 6.04. The number of ether oxygens (including phenoxy) is 3. The minimum atomic E-state index is -0.594. The van der Waals surface area contributed by atoms with Crippen molar-refractivity contribution in [2.45, 2.75) is 19.8 Å². The van der Waals surface area contributed by atoms with E-state index in [1.54, 1.807) is 37.6 Å². The quantitative estimate of drug-likeness (QED) is 0.419. The van der Waals surface area contributed by atoms with Gasteiger partial charge in [0.25, 0.3) is 0 Å². The lowest BCUT2D eigenvalue weighted by molar-refractivity contribution is -0.105. The summed E-state index contributed by atoms with van der Waals surface area (Å²) in [4.78, 5) is 14.8. The van der Waals surface area contributed by atoms with Gasteiger partial charge in [0.15, 0.2) is 23.1 Å². The summed E-state index contributed by atoms with van der Waals surface area (Å²) in [5, 5.41) is 3.06. The molecule has 0 radical (unpaired) electrons. The molecule has 146 valence electrons. The Bertz CT molecular complexity index is 978. The first-order valence-electron chi connectivity index (χ1n) is 8.93. The van der Waals surface area contributed by atoms with Crippen LogP contribution in [0.1, 0.15) is 19.8 Å². The second-order valence-electron chi connectivity index (χ2n) is 6.04. The summed E-state index contributed by atoms with van der Waals surface area (Å²) in [7, 11) is 1.56. The van der Waals surface area contributed by atoms with Gasteiger partial charge in [-0.3, -0.25) is 9.78 Å². The predicted molar refractivity (Wildman–Crippen MR) is 105 cm³/mol. The van der Waals surface area contributed by atoms with Crippen molar-refractivity contribution in [1.29, 1.82) is 0 Å². The SMILES string of the molecule is CCCCOc1cc2nccc(Oc3ccc(NC=O)cc3F)c2cc1OC. The molecule has 0 aliphatic carbocycles. The number of hydrogen-bond donors (Lipinski definition) is 1. The Labute approximate surface area is 162 Å². The first kappa shape index (κ1) is 19.4. The van der Waals surface area contributed by atoms with Crippen LogP contribution in [0.4, 0.5) is 10.1 Å². The van der Waals surface area contributed by atoms with E-state index in [1.165, 1.54) is 12.1 Å². The first-order chi connectivity index (χ1) is 13.7. The third kappa shape index (κ3) is 4.31. The number of nitrogens with one attached hydrogen (secondary N) is 1. The number of amides is 1. The molecule has 0 saturated carbocycles. The third-order valence-corrected chi connectivity index (χ3v) is 4.12. The zero-order valence-corrected chi connectivity index (χ0v) is 15.7. The molecule has 3 rings (SSSR count). The van der Waals surface area contributed by atoms with E-state index in [0.29, 0.717) is 46.9 Å². The highest BCUT2D eigenvalue weighted by Gasteiger charge is 2.13. The number of fused-ring (bicyclic) bond motifs is 1. The highest BCUT2D eigenvalue weighted by molar-refractivity contribution is 5.88. The Morgan fingerprint density at radius 1 is 1.11 bits per heavy atom. The van der Waals surface area contributed by atoms with E-state index >= 15 is 0 Å². The van der Waals surface area contributed by atoms with E-state index in [2.05, 4.69) is 17.2 Å². The number of carbonyl (C=O) groups is 1. The van der Waals surface area contributed by atoms with Gasteiger partial charge in [0.1, 0.15) is 5.75 Å². The highest BCUT2D eigenvalue weighted by Crippen LogP contribution is 2.37. The molecule has 1 aromatic heterocycles. The lowest BCUT2D eigenvalue weighted by Gasteiger charge is -2.14. The molecule has 0 atom stereocenters. The van der Waals surface area contributed by atoms with Crippen molar-refractivity contribution >= 4 is 23.0 Å². The van der Waals surface area contributed by atoms with E-state index in [9.17, 15) is 9.18 Å². The van der Waals surface area contributed by atoms with Crippen LogP contribution < -0.4 is 19.5 Å². The minimum Gasteiger partial charge on any atom is -0.493 e. The van der Waals surface area contributed by atoms with E-state index in [0.717, 1.165) is 12.8 Å². The summed E-state index contributed by atoms with van der Waals surface area (Å²) in [6.07, 6.45) is 4.03. The molecule has 0 saturated heterocycles. The number of pyridine rings is 1. The fraction of sp³-hybridized carbons (Fsp3) is 0.238. The number of benzene rings is 2. The molecule has 0 bridgehead atoms. The summed E-state index contributed by atoms with van der Waals surface area (Å²) >= 11 is 0. The molecule has 0 aliphatic heterocycles. The molecule has 28 heavy (non-hydrogen) atoms. The number of nitrogens with zero attached hydrogens (tertiary/aromatic N) is 1. The predicted octanol–water partition coefficient (Wildman–Crippen LogP) is 4.92. The van der Waals surface area contributed by atoms with Crippen LogP contribution in [-0.4, -0.2) is 25.1 Å². The number of carbonyl (C=O) groups excluding carboxylic acids is 1. The zero-order chi connectivity index (χ0) is 19.9.